The van der Waals surface area contributed by atoms with Crippen LogP contribution in [0.1, 0.15) is 219 Å². The van der Waals surface area contributed by atoms with Crippen LogP contribution in [0, 0.1) is 0 Å². The van der Waals surface area contributed by atoms with Crippen LogP contribution in [0.2, 0.25) is 0 Å². The van der Waals surface area contributed by atoms with E-state index in [4.69, 9.17) is 18.5 Å². The van der Waals surface area contributed by atoms with E-state index in [1.165, 1.54) is 32.1 Å². The minimum absolute atomic E-state index is 0.00959. The first-order valence-corrected chi connectivity index (χ1v) is 35.3. The maximum absolute atomic E-state index is 12.9. The molecule has 492 valence electrons. The molecule has 0 aromatic carbocycles. The average molecular weight is 1230 g/mol. The standard InChI is InChI=1S/C78H122NO8P/c1-6-8-10-12-14-16-18-20-22-24-26-28-30-32-34-36-38-39-41-43-45-47-49-51-53-55-57-59-61-63-65-67-69-71-78(81)87-76(75-86-88(82,83)85-73-72-79(3,4)5)74-84-77(80)70-68-66-64-62-60-58-56-54-52-50-48-46-44-42-40-37-35-33-31-29-27-25-23-21-19-17-15-13-11-9-7-2/h8-11,14-17,20-23,26-29,32-35,38-40,42-43,45-46,48-49,51,55,57,61,63,76H,6-7,12-13,18-19,24-25,30-31,36-37,41,44,47,50,52-54,56,58-60,62,64-75H2,1-5H3/p+1/b10-8-,11-9-,16-14-,17-15-,22-20-,23-21-,28-26-,29-27-,34-32-,35-33-,39-38-,42-40-,45-43-,48-46-,51-49-,57-55-,63-61-. The van der Waals surface area contributed by atoms with Gasteiger partial charge in [0.25, 0.3) is 0 Å². The summed E-state index contributed by atoms with van der Waals surface area (Å²) in [7, 11) is 1.41. The van der Waals surface area contributed by atoms with E-state index >= 15 is 0 Å². The maximum Gasteiger partial charge on any atom is 0.472 e. The van der Waals surface area contributed by atoms with Crippen molar-refractivity contribution < 1.29 is 42.1 Å². The summed E-state index contributed by atoms with van der Waals surface area (Å²) < 4.78 is 34.6. The highest BCUT2D eigenvalue weighted by Gasteiger charge is 2.27. The molecule has 0 radical (unpaired) electrons. The molecule has 0 aliphatic heterocycles. The van der Waals surface area contributed by atoms with Crippen LogP contribution in [0.15, 0.2) is 207 Å². The number of likely N-dealkylation sites (N-methyl/N-ethyl adjacent to an activating group) is 1. The quantitative estimate of drug-likeness (QED) is 0.0211. The average Bonchev–Trinajstić information content (AvgIpc) is 3.56. The zero-order valence-electron chi connectivity index (χ0n) is 55.9. The number of carbonyl (C=O) groups is 2. The number of rotatable bonds is 59. The smallest absolute Gasteiger partial charge is 0.462 e. The molecule has 0 aliphatic carbocycles. The Balaban J connectivity index is 4.27. The monoisotopic (exact) mass is 1230 g/mol. The van der Waals surface area contributed by atoms with Crippen molar-refractivity contribution in [1.29, 1.82) is 0 Å². The highest BCUT2D eigenvalue weighted by Crippen LogP contribution is 2.43. The summed E-state index contributed by atoms with van der Waals surface area (Å²) in [6.45, 7) is 4.11. The summed E-state index contributed by atoms with van der Waals surface area (Å²) in [5, 5.41) is 0. The Bertz CT molecular complexity index is 2240. The number of phosphoric acid groups is 1. The SMILES string of the molecule is CC/C=C\C/C=C\C/C=C\C/C=C\C/C=C\C/C=C\C/C=C\C/C=C\C/C=C\C/C=C\CCCCC(=O)OC(COC(=O)CCCCCCCCCCC/C=C\C/C=C\C/C=C\C/C=C\C/C=C\C/C=C\C/C=C\CC)COP(=O)(O)OCC[N+](C)(C)C. The second-order valence-electron chi connectivity index (χ2n) is 22.7. The molecule has 0 bridgehead atoms. The van der Waals surface area contributed by atoms with Gasteiger partial charge in [0, 0.05) is 12.8 Å². The second kappa shape index (κ2) is 66.0. The Kier molecular flexibility index (Phi) is 62.0. The first-order valence-electron chi connectivity index (χ1n) is 33.8. The molecule has 0 aliphatic rings. The van der Waals surface area contributed by atoms with E-state index in [2.05, 4.69) is 220 Å². The van der Waals surface area contributed by atoms with Crippen LogP contribution in [0.5, 0.6) is 0 Å². The first-order chi connectivity index (χ1) is 43.0. The fourth-order valence-electron chi connectivity index (χ4n) is 8.20. The molecule has 2 unspecified atom stereocenters. The van der Waals surface area contributed by atoms with Gasteiger partial charge in [-0.2, -0.15) is 0 Å². The third-order valence-electron chi connectivity index (χ3n) is 13.3. The predicted molar refractivity (Wildman–Crippen MR) is 380 cm³/mol. The van der Waals surface area contributed by atoms with Crippen LogP contribution in [0.25, 0.3) is 0 Å². The lowest BCUT2D eigenvalue weighted by Crippen LogP contribution is -2.37. The molecule has 0 aromatic heterocycles. The summed E-state index contributed by atoms with van der Waals surface area (Å²) >= 11 is 0. The van der Waals surface area contributed by atoms with Crippen LogP contribution < -0.4 is 0 Å². The Morgan fingerprint density at radius 2 is 0.614 bits per heavy atom. The number of quaternary nitrogens is 1. The van der Waals surface area contributed by atoms with Crippen molar-refractivity contribution in [1.82, 2.24) is 0 Å². The highest BCUT2D eigenvalue weighted by molar-refractivity contribution is 7.47. The van der Waals surface area contributed by atoms with E-state index < -0.39 is 32.5 Å². The molecule has 0 saturated carbocycles. The van der Waals surface area contributed by atoms with Gasteiger partial charge in [-0.15, -0.1) is 0 Å². The van der Waals surface area contributed by atoms with E-state index in [1.54, 1.807) is 0 Å². The van der Waals surface area contributed by atoms with Crippen LogP contribution in [0.3, 0.4) is 0 Å². The summed E-state index contributed by atoms with van der Waals surface area (Å²) in [5.41, 5.74) is 0. The lowest BCUT2D eigenvalue weighted by molar-refractivity contribution is -0.870. The summed E-state index contributed by atoms with van der Waals surface area (Å²) in [6, 6.07) is 0. The van der Waals surface area contributed by atoms with Crippen LogP contribution in [-0.2, 0) is 32.7 Å². The van der Waals surface area contributed by atoms with Crippen molar-refractivity contribution in [2.24, 2.45) is 0 Å². The molecule has 10 heteroatoms. The largest absolute Gasteiger partial charge is 0.472 e. The molecule has 9 nitrogen and oxygen atoms in total. The summed E-state index contributed by atoms with van der Waals surface area (Å²) in [6.07, 6.45) is 105. The fourth-order valence-corrected chi connectivity index (χ4v) is 8.94. The number of ether oxygens (including phenoxy) is 2. The van der Waals surface area contributed by atoms with Crippen molar-refractivity contribution in [2.45, 2.75) is 225 Å². The van der Waals surface area contributed by atoms with Gasteiger partial charge < -0.3 is 18.9 Å². The van der Waals surface area contributed by atoms with E-state index in [0.717, 1.165) is 148 Å². The zero-order valence-corrected chi connectivity index (χ0v) is 56.8. The third kappa shape index (κ3) is 69.7. The lowest BCUT2D eigenvalue weighted by atomic mass is 10.1. The normalized spacial score (nSPS) is 14.5. The van der Waals surface area contributed by atoms with Crippen LogP contribution in [0.4, 0.5) is 0 Å². The summed E-state index contributed by atoms with van der Waals surface area (Å²) in [4.78, 5) is 35.8. The van der Waals surface area contributed by atoms with Crippen molar-refractivity contribution in [3.63, 3.8) is 0 Å². The highest BCUT2D eigenvalue weighted by atomic mass is 31.2. The molecule has 0 amide bonds. The van der Waals surface area contributed by atoms with Crippen molar-refractivity contribution >= 4 is 19.8 Å². The Morgan fingerprint density at radius 3 is 0.932 bits per heavy atom. The Labute approximate surface area is 538 Å². The van der Waals surface area contributed by atoms with Gasteiger partial charge in [0.1, 0.15) is 19.8 Å². The van der Waals surface area contributed by atoms with Crippen molar-refractivity contribution in [2.75, 3.05) is 47.5 Å². The lowest BCUT2D eigenvalue weighted by Gasteiger charge is -2.24. The Morgan fingerprint density at radius 1 is 0.352 bits per heavy atom. The van der Waals surface area contributed by atoms with Crippen LogP contribution >= 0.6 is 7.82 Å². The number of allylic oxidation sites excluding steroid dienone is 34. The molecule has 0 saturated heterocycles. The number of carbonyl (C=O) groups excluding carboxylic acids is 2. The molecule has 0 rings (SSSR count). The third-order valence-corrected chi connectivity index (χ3v) is 14.3. The second-order valence-corrected chi connectivity index (χ2v) is 24.2. The minimum Gasteiger partial charge on any atom is -0.462 e. The molecule has 1 N–H and O–H groups in total. The van der Waals surface area contributed by atoms with E-state index in [0.29, 0.717) is 23.9 Å². The van der Waals surface area contributed by atoms with Crippen molar-refractivity contribution in [3.8, 4) is 0 Å². The maximum atomic E-state index is 12.9. The van der Waals surface area contributed by atoms with Gasteiger partial charge in [-0.05, 0) is 148 Å². The molecule has 0 heterocycles. The molecular weight excluding hydrogens is 1110 g/mol. The van der Waals surface area contributed by atoms with Gasteiger partial charge in [-0.1, -0.05) is 265 Å². The molecule has 88 heavy (non-hydrogen) atoms. The first kappa shape index (κ1) is 82.6. The molecule has 0 aromatic rings. The predicted octanol–water partition coefficient (Wildman–Crippen LogP) is 22.3. The van der Waals surface area contributed by atoms with Gasteiger partial charge in [0.15, 0.2) is 6.10 Å². The van der Waals surface area contributed by atoms with E-state index in [9.17, 15) is 19.0 Å². The number of nitrogens with zero attached hydrogens (tertiary/aromatic N) is 1. The topological polar surface area (TPSA) is 108 Å². The number of hydrogen-bond donors (Lipinski definition) is 1. The Hall–Kier alpha value is -5.41. The van der Waals surface area contributed by atoms with Gasteiger partial charge in [-0.25, -0.2) is 4.57 Å². The van der Waals surface area contributed by atoms with Crippen molar-refractivity contribution in [3.05, 3.63) is 207 Å². The molecule has 2 atom stereocenters. The van der Waals surface area contributed by atoms with E-state index in [1.807, 2.05) is 21.1 Å². The zero-order chi connectivity index (χ0) is 64.1. The molecular formula is C78H123NO8P+. The number of unbranched alkanes of at least 4 members (excludes halogenated alkanes) is 11. The van der Waals surface area contributed by atoms with Gasteiger partial charge in [0.05, 0.1) is 27.7 Å². The minimum atomic E-state index is -4.42. The van der Waals surface area contributed by atoms with Gasteiger partial charge in [0.2, 0.25) is 0 Å². The molecule has 0 fully saturated rings. The van der Waals surface area contributed by atoms with Crippen LogP contribution in [-0.4, -0.2) is 74.9 Å². The van der Waals surface area contributed by atoms with E-state index in [-0.39, 0.29) is 26.1 Å². The fraction of sp³-hybridized carbons (Fsp3) is 0.538. The number of phosphoric ester groups is 1. The molecule has 0 spiro atoms. The number of hydrogen-bond acceptors (Lipinski definition) is 7. The van der Waals surface area contributed by atoms with Gasteiger partial charge in [-0.3, -0.25) is 18.6 Å². The van der Waals surface area contributed by atoms with Gasteiger partial charge >= 0.3 is 19.8 Å². The number of esters is 2. The summed E-state index contributed by atoms with van der Waals surface area (Å²) in [5.74, 6) is -0.873.